The van der Waals surface area contributed by atoms with E-state index in [0.29, 0.717) is 22.4 Å². The molecule has 1 N–H and O–H groups in total. The Balaban J connectivity index is 2.49. The highest BCUT2D eigenvalue weighted by atomic mass is 79.9. The highest BCUT2D eigenvalue weighted by molar-refractivity contribution is 9.11. The van der Waals surface area contributed by atoms with Gasteiger partial charge in [0.25, 0.3) is 10.0 Å². The molecule has 84 valence electrons. The van der Waals surface area contributed by atoms with Crippen molar-refractivity contribution < 1.29 is 8.42 Å². The number of hydrogen-bond donors (Lipinski definition) is 1. The lowest BCUT2D eigenvalue weighted by Crippen LogP contribution is -2.22. The molecular formula is C10H9BrN2O2S. The molecule has 1 aromatic rings. The van der Waals surface area contributed by atoms with Crippen molar-refractivity contribution in [2.24, 2.45) is 4.99 Å². The third-order valence-corrected chi connectivity index (χ3v) is 3.72. The van der Waals surface area contributed by atoms with Crippen molar-refractivity contribution in [3.05, 3.63) is 40.9 Å². The largest absolute Gasteiger partial charge is 0.263 e. The Bertz CT molecular complexity index is 578. The average molecular weight is 301 g/mol. The summed E-state index contributed by atoms with van der Waals surface area (Å²) in [7, 11) is -3.43. The molecule has 0 saturated heterocycles. The van der Waals surface area contributed by atoms with Gasteiger partial charge in [-0.1, -0.05) is 34.6 Å². The van der Waals surface area contributed by atoms with Gasteiger partial charge in [0.1, 0.15) is 5.84 Å². The first-order valence-electron chi connectivity index (χ1n) is 4.50. The van der Waals surface area contributed by atoms with E-state index in [1.807, 2.05) is 0 Å². The van der Waals surface area contributed by atoms with Gasteiger partial charge >= 0.3 is 0 Å². The van der Waals surface area contributed by atoms with Crippen LogP contribution in [0.5, 0.6) is 0 Å². The zero-order valence-electron chi connectivity index (χ0n) is 8.27. The van der Waals surface area contributed by atoms with Crippen molar-refractivity contribution in [2.45, 2.75) is 4.90 Å². The van der Waals surface area contributed by atoms with Crippen LogP contribution < -0.4 is 4.72 Å². The minimum Gasteiger partial charge on any atom is -0.263 e. The van der Waals surface area contributed by atoms with Crippen LogP contribution in [-0.4, -0.2) is 20.8 Å². The normalized spacial score (nSPS) is 19.2. The Labute approximate surface area is 102 Å². The fourth-order valence-electron chi connectivity index (χ4n) is 1.42. The highest BCUT2D eigenvalue weighted by Gasteiger charge is 2.29. The van der Waals surface area contributed by atoms with Crippen LogP contribution in [0.25, 0.3) is 0 Å². The monoisotopic (exact) mass is 300 g/mol. The van der Waals surface area contributed by atoms with Crippen molar-refractivity contribution in [3.8, 4) is 0 Å². The number of fused-ring (bicyclic) bond motifs is 1. The van der Waals surface area contributed by atoms with Gasteiger partial charge in [-0.15, -0.1) is 0 Å². The summed E-state index contributed by atoms with van der Waals surface area (Å²) >= 11 is 3.17. The van der Waals surface area contributed by atoms with Gasteiger partial charge in [0.15, 0.2) is 0 Å². The number of nitrogens with one attached hydrogen (secondary N) is 1. The van der Waals surface area contributed by atoms with Crippen LogP contribution in [-0.2, 0) is 10.0 Å². The van der Waals surface area contributed by atoms with Crippen LogP contribution in [0.1, 0.15) is 5.56 Å². The SMILES string of the molecule is C=C(Br)CN=C1NS(=O)(=O)c2ccccc21. The smallest absolute Gasteiger partial charge is 0.263 e. The van der Waals surface area contributed by atoms with Gasteiger partial charge in [-0.3, -0.25) is 9.71 Å². The summed E-state index contributed by atoms with van der Waals surface area (Å²) in [5, 5.41) is 0. The van der Waals surface area contributed by atoms with Gasteiger partial charge in [-0.05, 0) is 12.1 Å². The molecule has 1 aliphatic heterocycles. The summed E-state index contributed by atoms with van der Waals surface area (Å²) in [5.41, 5.74) is 0.608. The van der Waals surface area contributed by atoms with Gasteiger partial charge in [-0.2, -0.15) is 0 Å². The molecule has 4 nitrogen and oxygen atoms in total. The van der Waals surface area contributed by atoms with E-state index in [9.17, 15) is 8.42 Å². The molecule has 0 aliphatic carbocycles. The van der Waals surface area contributed by atoms with Crippen molar-refractivity contribution in [1.82, 2.24) is 4.72 Å². The molecule has 0 fully saturated rings. The molecule has 0 saturated carbocycles. The number of nitrogens with zero attached hydrogens (tertiary/aromatic N) is 1. The summed E-state index contributed by atoms with van der Waals surface area (Å²) in [6.45, 7) is 3.98. The molecule has 0 bridgehead atoms. The van der Waals surface area contributed by atoms with E-state index in [1.54, 1.807) is 24.3 Å². The lowest BCUT2D eigenvalue weighted by atomic mass is 10.2. The number of amidine groups is 1. The quantitative estimate of drug-likeness (QED) is 0.902. The minimum atomic E-state index is -3.43. The molecule has 0 aromatic heterocycles. The first kappa shape index (κ1) is 11.3. The number of aliphatic imine (C=N–C) groups is 1. The predicted octanol–water partition coefficient (Wildman–Crippen LogP) is 1.63. The fraction of sp³-hybridized carbons (Fsp3) is 0.100. The van der Waals surface area contributed by atoms with Gasteiger partial charge < -0.3 is 0 Å². The molecule has 1 heterocycles. The van der Waals surface area contributed by atoms with Gasteiger partial charge in [0.05, 0.1) is 11.4 Å². The van der Waals surface area contributed by atoms with Gasteiger partial charge in [0.2, 0.25) is 0 Å². The first-order valence-corrected chi connectivity index (χ1v) is 6.78. The number of halogens is 1. The molecule has 0 radical (unpaired) electrons. The third kappa shape index (κ3) is 2.03. The Morgan fingerprint density at radius 1 is 1.44 bits per heavy atom. The molecule has 2 rings (SSSR count). The summed E-state index contributed by atoms with van der Waals surface area (Å²) in [5.74, 6) is 0.371. The third-order valence-electron chi connectivity index (χ3n) is 2.07. The van der Waals surface area contributed by atoms with Crippen LogP contribution in [0.2, 0.25) is 0 Å². The summed E-state index contributed by atoms with van der Waals surface area (Å²) < 4.78 is 26.5. The number of benzene rings is 1. The summed E-state index contributed by atoms with van der Waals surface area (Å²) in [4.78, 5) is 4.41. The van der Waals surface area contributed by atoms with E-state index >= 15 is 0 Å². The molecule has 0 unspecified atom stereocenters. The molecule has 0 amide bonds. The Hall–Kier alpha value is -1.14. The molecular weight excluding hydrogens is 292 g/mol. The van der Waals surface area contributed by atoms with E-state index in [1.165, 1.54) is 0 Å². The highest BCUT2D eigenvalue weighted by Crippen LogP contribution is 2.22. The first-order chi connectivity index (χ1) is 7.50. The van der Waals surface area contributed by atoms with Crippen LogP contribution in [0.3, 0.4) is 0 Å². The maximum absolute atomic E-state index is 11.7. The standard InChI is InChI=1S/C10H9BrN2O2S/c1-7(11)6-12-10-8-4-2-3-5-9(8)16(14,15)13-10/h2-5H,1,6H2,(H,12,13). The van der Waals surface area contributed by atoms with Crippen LogP contribution >= 0.6 is 15.9 Å². The second kappa shape index (κ2) is 4.03. The zero-order chi connectivity index (χ0) is 11.8. The molecule has 1 aliphatic rings. The van der Waals surface area contributed by atoms with E-state index < -0.39 is 10.0 Å². The summed E-state index contributed by atoms with van der Waals surface area (Å²) in [6.07, 6.45) is 0. The lowest BCUT2D eigenvalue weighted by molar-refractivity contribution is 0.595. The summed E-state index contributed by atoms with van der Waals surface area (Å²) in [6, 6.07) is 6.75. The van der Waals surface area contributed by atoms with E-state index in [4.69, 9.17) is 0 Å². The molecule has 0 atom stereocenters. The number of hydrogen-bond acceptors (Lipinski definition) is 3. The Morgan fingerprint density at radius 2 is 2.12 bits per heavy atom. The van der Waals surface area contributed by atoms with Crippen LogP contribution in [0, 0.1) is 0 Å². The average Bonchev–Trinajstić information content (AvgIpc) is 2.49. The molecule has 16 heavy (non-hydrogen) atoms. The fourth-order valence-corrected chi connectivity index (χ4v) is 2.79. The van der Waals surface area contributed by atoms with Crippen LogP contribution in [0.4, 0.5) is 0 Å². The van der Waals surface area contributed by atoms with E-state index in [2.05, 4.69) is 32.2 Å². The number of sulfonamides is 1. The molecule has 6 heteroatoms. The topological polar surface area (TPSA) is 58.5 Å². The predicted molar refractivity (Wildman–Crippen MR) is 66.2 cm³/mol. The Kier molecular flexibility index (Phi) is 2.86. The zero-order valence-corrected chi connectivity index (χ0v) is 10.7. The second-order valence-electron chi connectivity index (χ2n) is 3.28. The van der Waals surface area contributed by atoms with Crippen LogP contribution in [0.15, 0.2) is 45.2 Å². The maximum Gasteiger partial charge on any atom is 0.263 e. The van der Waals surface area contributed by atoms with Gasteiger partial charge in [0, 0.05) is 10.0 Å². The van der Waals surface area contributed by atoms with Crippen molar-refractivity contribution in [3.63, 3.8) is 0 Å². The number of rotatable bonds is 2. The lowest BCUT2D eigenvalue weighted by Gasteiger charge is -1.97. The van der Waals surface area contributed by atoms with Crippen molar-refractivity contribution >= 4 is 31.8 Å². The van der Waals surface area contributed by atoms with Crippen molar-refractivity contribution in [2.75, 3.05) is 6.54 Å². The van der Waals surface area contributed by atoms with E-state index in [-0.39, 0.29) is 4.90 Å². The van der Waals surface area contributed by atoms with Gasteiger partial charge in [-0.25, -0.2) is 8.42 Å². The second-order valence-corrected chi connectivity index (χ2v) is 6.06. The molecule has 1 aromatic carbocycles. The Morgan fingerprint density at radius 3 is 2.81 bits per heavy atom. The van der Waals surface area contributed by atoms with Crippen molar-refractivity contribution in [1.29, 1.82) is 0 Å². The maximum atomic E-state index is 11.7. The minimum absolute atomic E-state index is 0.272. The van der Waals surface area contributed by atoms with E-state index in [0.717, 1.165) is 0 Å². The molecule has 0 spiro atoms.